The third-order valence-corrected chi connectivity index (χ3v) is 4.65. The van der Waals surface area contributed by atoms with Crippen molar-refractivity contribution in [2.24, 2.45) is 0 Å². The van der Waals surface area contributed by atoms with Gasteiger partial charge in [-0.25, -0.2) is 4.98 Å². The number of aryl methyl sites for hydroxylation is 1. The number of aromatic nitrogens is 1. The van der Waals surface area contributed by atoms with Crippen LogP contribution in [-0.2, 0) is 16.8 Å². The molecule has 0 bridgehead atoms. The van der Waals surface area contributed by atoms with E-state index in [0.717, 1.165) is 30.7 Å². The molecule has 0 aromatic carbocycles. The molecule has 0 amide bonds. The molecular formula is C12H18ClNOS. The second-order valence-electron chi connectivity index (χ2n) is 4.34. The molecule has 1 aromatic rings. The molecule has 1 saturated carbocycles. The Labute approximate surface area is 106 Å². The van der Waals surface area contributed by atoms with Crippen LogP contribution in [0.4, 0.5) is 0 Å². The van der Waals surface area contributed by atoms with E-state index in [0.29, 0.717) is 5.88 Å². The standard InChI is InChI=1S/C12H18ClNOS/c1-15-12(6-2-3-7-12)11-14-10(9-16-11)5-4-8-13/h9H,2-8H2,1H3. The first-order chi connectivity index (χ1) is 7.80. The third-order valence-electron chi connectivity index (χ3n) is 3.31. The predicted octanol–water partition coefficient (Wildman–Crippen LogP) is 3.73. The second kappa shape index (κ2) is 5.48. The summed E-state index contributed by atoms with van der Waals surface area (Å²) in [6, 6.07) is 0. The Morgan fingerprint density at radius 1 is 1.50 bits per heavy atom. The van der Waals surface area contributed by atoms with E-state index in [1.807, 2.05) is 7.11 Å². The zero-order valence-electron chi connectivity index (χ0n) is 9.67. The Morgan fingerprint density at radius 2 is 2.25 bits per heavy atom. The fourth-order valence-corrected chi connectivity index (χ4v) is 3.55. The molecule has 2 rings (SSSR count). The highest BCUT2D eigenvalue weighted by molar-refractivity contribution is 7.09. The van der Waals surface area contributed by atoms with Crippen LogP contribution < -0.4 is 0 Å². The van der Waals surface area contributed by atoms with Crippen LogP contribution in [0.3, 0.4) is 0 Å². The van der Waals surface area contributed by atoms with Gasteiger partial charge in [-0.2, -0.15) is 0 Å². The van der Waals surface area contributed by atoms with E-state index in [9.17, 15) is 0 Å². The molecule has 0 radical (unpaired) electrons. The van der Waals surface area contributed by atoms with Gasteiger partial charge in [-0.1, -0.05) is 12.8 Å². The average Bonchev–Trinajstić information content (AvgIpc) is 2.95. The second-order valence-corrected chi connectivity index (χ2v) is 5.58. The quantitative estimate of drug-likeness (QED) is 0.752. The molecule has 1 aromatic heterocycles. The molecule has 2 nitrogen and oxygen atoms in total. The van der Waals surface area contributed by atoms with Crippen molar-refractivity contribution in [3.63, 3.8) is 0 Å². The van der Waals surface area contributed by atoms with Crippen molar-refractivity contribution in [1.29, 1.82) is 0 Å². The molecular weight excluding hydrogens is 242 g/mol. The zero-order chi connectivity index (χ0) is 11.4. The highest BCUT2D eigenvalue weighted by atomic mass is 35.5. The van der Waals surface area contributed by atoms with Crippen molar-refractivity contribution < 1.29 is 4.74 Å². The number of hydrogen-bond acceptors (Lipinski definition) is 3. The maximum Gasteiger partial charge on any atom is 0.125 e. The van der Waals surface area contributed by atoms with E-state index in [1.54, 1.807) is 11.3 Å². The minimum absolute atomic E-state index is 0.0795. The maximum atomic E-state index is 5.72. The van der Waals surface area contributed by atoms with Gasteiger partial charge >= 0.3 is 0 Å². The van der Waals surface area contributed by atoms with Crippen LogP contribution >= 0.6 is 22.9 Å². The summed E-state index contributed by atoms with van der Waals surface area (Å²) in [5.74, 6) is 0.711. The van der Waals surface area contributed by atoms with E-state index in [4.69, 9.17) is 21.3 Å². The van der Waals surface area contributed by atoms with Crippen molar-refractivity contribution in [2.75, 3.05) is 13.0 Å². The molecule has 1 heterocycles. The van der Waals surface area contributed by atoms with Crippen LogP contribution in [0.2, 0.25) is 0 Å². The molecule has 4 heteroatoms. The van der Waals surface area contributed by atoms with E-state index >= 15 is 0 Å². The lowest BCUT2D eigenvalue weighted by Gasteiger charge is -2.24. The average molecular weight is 260 g/mol. The minimum atomic E-state index is -0.0795. The van der Waals surface area contributed by atoms with Gasteiger partial charge in [-0.3, -0.25) is 0 Å². The molecule has 1 aliphatic carbocycles. The largest absolute Gasteiger partial charge is 0.371 e. The molecule has 0 saturated heterocycles. The van der Waals surface area contributed by atoms with Crippen LogP contribution in [0.5, 0.6) is 0 Å². The van der Waals surface area contributed by atoms with Gasteiger partial charge in [0.25, 0.3) is 0 Å². The van der Waals surface area contributed by atoms with Crippen molar-refractivity contribution >= 4 is 22.9 Å². The monoisotopic (exact) mass is 259 g/mol. The Balaban J connectivity index is 2.10. The highest BCUT2D eigenvalue weighted by Crippen LogP contribution is 2.42. The number of hydrogen-bond donors (Lipinski definition) is 0. The van der Waals surface area contributed by atoms with Crippen LogP contribution in [0.15, 0.2) is 5.38 Å². The molecule has 1 fully saturated rings. The van der Waals surface area contributed by atoms with Gasteiger partial charge in [0.1, 0.15) is 10.6 Å². The SMILES string of the molecule is COC1(c2nc(CCCCl)cs2)CCCC1. The summed E-state index contributed by atoms with van der Waals surface area (Å²) in [5, 5.41) is 3.32. The van der Waals surface area contributed by atoms with Gasteiger partial charge < -0.3 is 4.74 Å². The number of nitrogens with zero attached hydrogens (tertiary/aromatic N) is 1. The van der Waals surface area contributed by atoms with Crippen LogP contribution in [-0.4, -0.2) is 18.0 Å². The zero-order valence-corrected chi connectivity index (χ0v) is 11.2. The fourth-order valence-electron chi connectivity index (χ4n) is 2.33. The fraction of sp³-hybridized carbons (Fsp3) is 0.750. The number of rotatable bonds is 5. The molecule has 0 aliphatic heterocycles. The van der Waals surface area contributed by atoms with Gasteiger partial charge in [-0.15, -0.1) is 22.9 Å². The summed E-state index contributed by atoms with van der Waals surface area (Å²) in [6.45, 7) is 0. The van der Waals surface area contributed by atoms with Crippen molar-refractivity contribution in [3.8, 4) is 0 Å². The summed E-state index contributed by atoms with van der Waals surface area (Å²) in [7, 11) is 1.81. The Bertz CT molecular complexity index is 334. The highest BCUT2D eigenvalue weighted by Gasteiger charge is 2.38. The van der Waals surface area contributed by atoms with Crippen LogP contribution in [0.1, 0.15) is 42.8 Å². The Kier molecular flexibility index (Phi) is 4.22. The van der Waals surface area contributed by atoms with E-state index in [-0.39, 0.29) is 5.60 Å². The number of alkyl halides is 1. The number of halogens is 1. The van der Waals surface area contributed by atoms with Gasteiger partial charge in [0.15, 0.2) is 0 Å². The smallest absolute Gasteiger partial charge is 0.125 e. The summed E-state index contributed by atoms with van der Waals surface area (Å²) in [4.78, 5) is 4.71. The first kappa shape index (κ1) is 12.3. The van der Waals surface area contributed by atoms with Gasteiger partial charge in [0.2, 0.25) is 0 Å². The lowest BCUT2D eigenvalue weighted by molar-refractivity contribution is -0.00896. The first-order valence-corrected chi connectivity index (χ1v) is 7.28. The normalized spacial score (nSPS) is 19.1. The van der Waals surface area contributed by atoms with Crippen molar-refractivity contribution in [1.82, 2.24) is 4.98 Å². The van der Waals surface area contributed by atoms with Crippen LogP contribution in [0, 0.1) is 0 Å². The third kappa shape index (κ3) is 2.41. The number of thiazole rings is 1. The summed E-state index contributed by atoms with van der Waals surface area (Å²) >= 11 is 7.43. The predicted molar refractivity (Wildman–Crippen MR) is 68.3 cm³/mol. The lowest BCUT2D eigenvalue weighted by atomic mass is 10.0. The Morgan fingerprint density at radius 3 is 2.88 bits per heavy atom. The minimum Gasteiger partial charge on any atom is -0.371 e. The van der Waals surface area contributed by atoms with E-state index in [1.165, 1.54) is 18.5 Å². The van der Waals surface area contributed by atoms with Gasteiger partial charge in [-0.05, 0) is 25.7 Å². The molecule has 0 N–H and O–H groups in total. The lowest BCUT2D eigenvalue weighted by Crippen LogP contribution is -2.24. The van der Waals surface area contributed by atoms with Crippen molar-refractivity contribution in [3.05, 3.63) is 16.1 Å². The maximum absolute atomic E-state index is 5.72. The Hall–Kier alpha value is -0.120. The van der Waals surface area contributed by atoms with Gasteiger partial charge in [0.05, 0.1) is 5.69 Å². The first-order valence-electron chi connectivity index (χ1n) is 5.87. The van der Waals surface area contributed by atoms with Crippen LogP contribution in [0.25, 0.3) is 0 Å². The topological polar surface area (TPSA) is 22.1 Å². The number of methoxy groups -OCH3 is 1. The molecule has 1 aliphatic rings. The molecule has 90 valence electrons. The summed E-state index contributed by atoms with van der Waals surface area (Å²) in [6.07, 6.45) is 6.73. The van der Waals surface area contributed by atoms with Crippen molar-refractivity contribution in [2.45, 2.75) is 44.1 Å². The number of ether oxygens (including phenoxy) is 1. The molecule has 0 atom stereocenters. The van der Waals surface area contributed by atoms with E-state index < -0.39 is 0 Å². The van der Waals surface area contributed by atoms with E-state index in [2.05, 4.69) is 5.38 Å². The summed E-state index contributed by atoms with van der Waals surface area (Å²) in [5.41, 5.74) is 1.09. The molecule has 0 spiro atoms. The summed E-state index contributed by atoms with van der Waals surface area (Å²) < 4.78 is 5.72. The molecule has 16 heavy (non-hydrogen) atoms. The van der Waals surface area contributed by atoms with Gasteiger partial charge in [0, 0.05) is 18.4 Å². The molecule has 0 unspecified atom stereocenters.